The maximum Gasteiger partial charge on any atom is 0.139 e. The number of hydrogen-bond donors (Lipinski definition) is 0. The van der Waals surface area contributed by atoms with Crippen molar-refractivity contribution in [3.63, 3.8) is 0 Å². The smallest absolute Gasteiger partial charge is 0.139 e. The molecule has 1 aromatic heterocycles. The van der Waals surface area contributed by atoms with Gasteiger partial charge in [0.1, 0.15) is 17.7 Å². The number of dihydropyridines is 1. The van der Waals surface area contributed by atoms with Crippen LogP contribution >= 0.6 is 11.6 Å². The molecule has 26 heavy (non-hydrogen) atoms. The van der Waals surface area contributed by atoms with Gasteiger partial charge in [-0.05, 0) is 49.4 Å². The van der Waals surface area contributed by atoms with Gasteiger partial charge in [-0.25, -0.2) is 9.37 Å². The Morgan fingerprint density at radius 1 is 1.12 bits per heavy atom. The van der Waals surface area contributed by atoms with Crippen LogP contribution in [0.15, 0.2) is 65.7 Å². The average Bonchev–Trinajstić information content (AvgIpc) is 2.65. The van der Waals surface area contributed by atoms with E-state index in [1.165, 1.54) is 12.1 Å². The van der Waals surface area contributed by atoms with Gasteiger partial charge in [0.15, 0.2) is 0 Å². The van der Waals surface area contributed by atoms with E-state index in [0.29, 0.717) is 22.0 Å². The maximum absolute atomic E-state index is 14.3. The number of rotatable bonds is 3. The molecular formula is C21H16ClFN2O. The van der Waals surface area contributed by atoms with Crippen molar-refractivity contribution in [1.29, 1.82) is 0 Å². The number of hydrogen-bond acceptors (Lipinski definition) is 3. The molecule has 2 heterocycles. The maximum atomic E-state index is 14.3. The number of ether oxygens (including phenoxy) is 1. The molecule has 2 unspecified atom stereocenters. The molecule has 0 saturated carbocycles. The molecule has 2 atom stereocenters. The molecular weight excluding hydrogens is 351 g/mol. The second-order valence-electron chi connectivity index (χ2n) is 6.15. The van der Waals surface area contributed by atoms with Gasteiger partial charge in [0.25, 0.3) is 0 Å². The summed E-state index contributed by atoms with van der Waals surface area (Å²) in [7, 11) is 0. The van der Waals surface area contributed by atoms with Gasteiger partial charge in [-0.15, -0.1) is 0 Å². The van der Waals surface area contributed by atoms with Crippen LogP contribution in [0, 0.1) is 5.82 Å². The molecule has 0 spiro atoms. The highest BCUT2D eigenvalue weighted by Gasteiger charge is 2.19. The molecule has 3 nitrogen and oxygen atoms in total. The molecule has 0 fully saturated rings. The highest BCUT2D eigenvalue weighted by Crippen LogP contribution is 2.33. The molecule has 0 bridgehead atoms. The van der Waals surface area contributed by atoms with Gasteiger partial charge < -0.3 is 4.74 Å². The first kappa shape index (κ1) is 16.7. The van der Waals surface area contributed by atoms with Crippen molar-refractivity contribution in [2.75, 3.05) is 0 Å². The number of aliphatic imine (C=N–C) groups is 1. The van der Waals surface area contributed by atoms with Crippen LogP contribution in [0.1, 0.15) is 6.92 Å². The fraction of sp³-hybridized carbons (Fsp3) is 0.143. The SMILES string of the molecule is CC1N=CC=CC1Oc1cc(-c2cc(Cl)ccc2F)nc2ccccc12. The zero-order valence-corrected chi connectivity index (χ0v) is 14.8. The summed E-state index contributed by atoms with van der Waals surface area (Å²) in [6.45, 7) is 1.99. The van der Waals surface area contributed by atoms with Crippen LogP contribution in [0.5, 0.6) is 5.75 Å². The van der Waals surface area contributed by atoms with E-state index < -0.39 is 0 Å². The highest BCUT2D eigenvalue weighted by molar-refractivity contribution is 6.30. The lowest BCUT2D eigenvalue weighted by atomic mass is 10.1. The third-order valence-electron chi connectivity index (χ3n) is 4.33. The summed E-state index contributed by atoms with van der Waals surface area (Å²) < 4.78 is 20.6. The van der Waals surface area contributed by atoms with Gasteiger partial charge in [-0.2, -0.15) is 0 Å². The van der Waals surface area contributed by atoms with E-state index in [9.17, 15) is 4.39 Å². The average molecular weight is 367 g/mol. The van der Waals surface area contributed by atoms with Gasteiger partial charge in [0.2, 0.25) is 0 Å². The number of halogens is 2. The summed E-state index contributed by atoms with van der Waals surface area (Å²) in [5, 5.41) is 1.32. The number of benzene rings is 2. The van der Waals surface area contributed by atoms with E-state index in [1.54, 1.807) is 18.3 Å². The van der Waals surface area contributed by atoms with Crippen LogP contribution in [0.4, 0.5) is 4.39 Å². The van der Waals surface area contributed by atoms with Crippen molar-refractivity contribution >= 4 is 28.7 Å². The number of para-hydroxylation sites is 1. The summed E-state index contributed by atoms with van der Waals surface area (Å²) in [4.78, 5) is 8.96. The Morgan fingerprint density at radius 3 is 2.81 bits per heavy atom. The van der Waals surface area contributed by atoms with Gasteiger partial charge in [-0.1, -0.05) is 23.7 Å². The zero-order chi connectivity index (χ0) is 18.1. The van der Waals surface area contributed by atoms with Crippen LogP contribution in [-0.2, 0) is 0 Å². The Hall–Kier alpha value is -2.72. The lowest BCUT2D eigenvalue weighted by Crippen LogP contribution is -2.28. The standard InChI is InChI=1S/C21H16ClFN2O/c1-13-20(7-4-10-24-13)26-21-12-19(16-11-14(22)8-9-17(16)23)25-18-6-3-2-5-15(18)21/h2-13,20H,1H3. The van der Waals surface area contributed by atoms with E-state index in [-0.39, 0.29) is 18.0 Å². The van der Waals surface area contributed by atoms with E-state index in [4.69, 9.17) is 16.3 Å². The fourth-order valence-corrected chi connectivity index (χ4v) is 3.12. The summed E-state index contributed by atoms with van der Waals surface area (Å²) >= 11 is 6.05. The molecule has 2 aromatic carbocycles. The molecule has 0 aliphatic carbocycles. The molecule has 0 radical (unpaired) electrons. The predicted octanol–water partition coefficient (Wildman–Crippen LogP) is 5.47. The second kappa shape index (κ2) is 6.89. The monoisotopic (exact) mass is 366 g/mol. The Morgan fingerprint density at radius 2 is 1.96 bits per heavy atom. The first-order chi connectivity index (χ1) is 12.6. The lowest BCUT2D eigenvalue weighted by molar-refractivity contribution is 0.226. The molecule has 3 aromatic rings. The third-order valence-corrected chi connectivity index (χ3v) is 4.56. The van der Waals surface area contributed by atoms with Crippen molar-refractivity contribution < 1.29 is 9.13 Å². The normalized spacial score (nSPS) is 19.0. The first-order valence-electron chi connectivity index (χ1n) is 8.33. The van der Waals surface area contributed by atoms with E-state index in [0.717, 1.165) is 10.9 Å². The topological polar surface area (TPSA) is 34.5 Å². The van der Waals surface area contributed by atoms with Crippen molar-refractivity contribution in [1.82, 2.24) is 4.98 Å². The Balaban J connectivity index is 1.85. The molecule has 0 amide bonds. The first-order valence-corrected chi connectivity index (χ1v) is 8.71. The van der Waals surface area contributed by atoms with Gasteiger partial charge >= 0.3 is 0 Å². The minimum Gasteiger partial charge on any atom is -0.483 e. The fourth-order valence-electron chi connectivity index (χ4n) is 2.95. The van der Waals surface area contributed by atoms with Crippen LogP contribution in [0.25, 0.3) is 22.2 Å². The Labute approximate surface area is 155 Å². The van der Waals surface area contributed by atoms with E-state index in [1.807, 2.05) is 43.3 Å². The lowest BCUT2D eigenvalue weighted by Gasteiger charge is -2.22. The minimum atomic E-state index is -0.376. The summed E-state index contributed by atoms with van der Waals surface area (Å²) in [6, 6.07) is 13.8. The molecule has 1 aliphatic rings. The Kier molecular flexibility index (Phi) is 4.43. The van der Waals surface area contributed by atoms with Crippen molar-refractivity contribution in [3.05, 3.63) is 71.5 Å². The van der Waals surface area contributed by atoms with Crippen LogP contribution in [0.3, 0.4) is 0 Å². The van der Waals surface area contributed by atoms with Crippen LogP contribution < -0.4 is 4.74 Å². The molecule has 0 saturated heterocycles. The molecule has 130 valence electrons. The molecule has 0 N–H and O–H groups in total. The van der Waals surface area contributed by atoms with Crippen molar-refractivity contribution in [2.24, 2.45) is 4.99 Å². The summed E-state index contributed by atoms with van der Waals surface area (Å²) in [6.07, 6.45) is 5.41. The zero-order valence-electron chi connectivity index (χ0n) is 14.1. The number of fused-ring (bicyclic) bond motifs is 1. The molecule has 1 aliphatic heterocycles. The quantitative estimate of drug-likeness (QED) is 0.616. The van der Waals surface area contributed by atoms with Gasteiger partial charge in [0.05, 0.1) is 17.3 Å². The number of pyridine rings is 1. The van der Waals surface area contributed by atoms with Crippen LogP contribution in [0.2, 0.25) is 5.02 Å². The second-order valence-corrected chi connectivity index (χ2v) is 6.59. The van der Waals surface area contributed by atoms with Gasteiger partial charge in [0, 0.05) is 28.3 Å². The highest BCUT2D eigenvalue weighted by atomic mass is 35.5. The third kappa shape index (κ3) is 3.20. The van der Waals surface area contributed by atoms with Crippen molar-refractivity contribution in [3.8, 4) is 17.0 Å². The van der Waals surface area contributed by atoms with E-state index in [2.05, 4.69) is 9.98 Å². The van der Waals surface area contributed by atoms with Crippen molar-refractivity contribution in [2.45, 2.75) is 19.1 Å². The number of aromatic nitrogens is 1. The van der Waals surface area contributed by atoms with Crippen LogP contribution in [-0.4, -0.2) is 23.3 Å². The summed E-state index contributed by atoms with van der Waals surface area (Å²) in [5.41, 5.74) is 1.56. The van der Waals surface area contributed by atoms with E-state index >= 15 is 0 Å². The predicted molar refractivity (Wildman–Crippen MR) is 104 cm³/mol. The minimum absolute atomic E-state index is 0.00159. The number of allylic oxidation sites excluding steroid dienone is 1. The molecule has 5 heteroatoms. The largest absolute Gasteiger partial charge is 0.483 e. The summed E-state index contributed by atoms with van der Waals surface area (Å²) in [5.74, 6) is 0.266. The Bertz CT molecular complexity index is 1030. The number of nitrogens with zero attached hydrogens (tertiary/aromatic N) is 2. The van der Waals surface area contributed by atoms with Gasteiger partial charge in [-0.3, -0.25) is 4.99 Å². The molecule has 4 rings (SSSR count).